The Morgan fingerprint density at radius 2 is 1.74 bits per heavy atom. The summed E-state index contributed by atoms with van der Waals surface area (Å²) < 4.78 is 13.1. The summed E-state index contributed by atoms with van der Waals surface area (Å²) in [6.07, 6.45) is 0. The van der Waals surface area contributed by atoms with Crippen LogP contribution in [0.15, 0.2) is 42.5 Å². The fourth-order valence-corrected chi connectivity index (χ4v) is 2.10. The van der Waals surface area contributed by atoms with E-state index in [9.17, 15) is 14.0 Å². The molecule has 0 saturated carbocycles. The minimum atomic E-state index is -0.408. The van der Waals surface area contributed by atoms with E-state index < -0.39 is 5.82 Å². The lowest BCUT2D eigenvalue weighted by molar-refractivity contribution is -0.115. The summed E-state index contributed by atoms with van der Waals surface area (Å²) in [7, 11) is 0. The van der Waals surface area contributed by atoms with Crippen molar-refractivity contribution >= 4 is 28.9 Å². The first-order valence-electron chi connectivity index (χ1n) is 7.12. The van der Waals surface area contributed by atoms with Crippen LogP contribution in [-0.2, 0) is 9.59 Å². The number of benzene rings is 2. The predicted octanol–water partition coefficient (Wildman–Crippen LogP) is 3.14. The molecule has 0 aliphatic heterocycles. The second kappa shape index (κ2) is 7.40. The van der Waals surface area contributed by atoms with Crippen LogP contribution in [0, 0.1) is 12.7 Å². The van der Waals surface area contributed by atoms with Crippen molar-refractivity contribution in [2.45, 2.75) is 13.8 Å². The van der Waals surface area contributed by atoms with E-state index >= 15 is 0 Å². The van der Waals surface area contributed by atoms with Gasteiger partial charge in [0.15, 0.2) is 0 Å². The predicted molar refractivity (Wildman–Crippen MR) is 89.0 cm³/mol. The molecule has 0 aliphatic carbocycles. The van der Waals surface area contributed by atoms with Gasteiger partial charge in [-0.2, -0.15) is 0 Å². The van der Waals surface area contributed by atoms with E-state index in [1.54, 1.807) is 18.2 Å². The van der Waals surface area contributed by atoms with Crippen molar-refractivity contribution in [2.75, 3.05) is 22.5 Å². The fourth-order valence-electron chi connectivity index (χ4n) is 2.10. The van der Waals surface area contributed by atoms with Gasteiger partial charge in [0.1, 0.15) is 5.82 Å². The molecule has 5 nitrogen and oxygen atoms in total. The molecular weight excluding hydrogens is 297 g/mol. The number of nitrogens with one attached hydrogen (secondary N) is 3. The average molecular weight is 315 g/mol. The van der Waals surface area contributed by atoms with Gasteiger partial charge in [-0.25, -0.2) is 4.39 Å². The van der Waals surface area contributed by atoms with Gasteiger partial charge in [-0.3, -0.25) is 9.59 Å². The fraction of sp³-hybridized carbons (Fsp3) is 0.176. The Kier molecular flexibility index (Phi) is 5.30. The van der Waals surface area contributed by atoms with Crippen molar-refractivity contribution in [3.05, 3.63) is 53.8 Å². The molecule has 0 unspecified atom stereocenters. The van der Waals surface area contributed by atoms with E-state index in [0.29, 0.717) is 11.4 Å². The Hall–Kier alpha value is -2.89. The molecule has 2 aromatic carbocycles. The SMILES string of the molecule is CC(=O)Nc1cccc(NCC(=O)Nc2cccc(F)c2)c1C. The van der Waals surface area contributed by atoms with Gasteiger partial charge in [-0.15, -0.1) is 0 Å². The van der Waals surface area contributed by atoms with Gasteiger partial charge in [0.05, 0.1) is 6.54 Å². The summed E-state index contributed by atoms with van der Waals surface area (Å²) in [5.41, 5.74) is 2.67. The van der Waals surface area contributed by atoms with Gasteiger partial charge in [-0.1, -0.05) is 12.1 Å². The van der Waals surface area contributed by atoms with Crippen LogP contribution in [0.4, 0.5) is 21.5 Å². The van der Waals surface area contributed by atoms with E-state index in [4.69, 9.17) is 0 Å². The Bertz CT molecular complexity index is 732. The summed E-state index contributed by atoms with van der Waals surface area (Å²) in [6.45, 7) is 3.31. The Morgan fingerprint density at radius 1 is 1.04 bits per heavy atom. The summed E-state index contributed by atoms with van der Waals surface area (Å²) in [4.78, 5) is 23.1. The van der Waals surface area contributed by atoms with Crippen LogP contribution in [0.3, 0.4) is 0 Å². The normalized spacial score (nSPS) is 10.0. The zero-order valence-electron chi connectivity index (χ0n) is 12.9. The minimum absolute atomic E-state index is 0.0286. The molecule has 0 spiro atoms. The highest BCUT2D eigenvalue weighted by Crippen LogP contribution is 2.23. The molecule has 2 rings (SSSR count). The third kappa shape index (κ3) is 4.81. The number of anilines is 3. The Labute approximate surface area is 133 Å². The summed E-state index contributed by atoms with van der Waals surface area (Å²) in [5.74, 6) is -0.858. The molecular formula is C17H18FN3O2. The van der Waals surface area contributed by atoms with Gasteiger partial charge in [0, 0.05) is 24.0 Å². The first-order chi connectivity index (χ1) is 11.0. The lowest BCUT2D eigenvalue weighted by Crippen LogP contribution is -2.22. The summed E-state index contributed by atoms with van der Waals surface area (Å²) >= 11 is 0. The second-order valence-electron chi connectivity index (χ2n) is 5.07. The molecule has 0 radical (unpaired) electrons. The Balaban J connectivity index is 1.97. The molecule has 3 N–H and O–H groups in total. The lowest BCUT2D eigenvalue weighted by Gasteiger charge is -2.13. The van der Waals surface area contributed by atoms with Crippen molar-refractivity contribution in [3.8, 4) is 0 Å². The number of amides is 2. The van der Waals surface area contributed by atoms with E-state index in [1.165, 1.54) is 25.1 Å². The van der Waals surface area contributed by atoms with E-state index in [2.05, 4.69) is 16.0 Å². The Morgan fingerprint density at radius 3 is 2.43 bits per heavy atom. The highest BCUT2D eigenvalue weighted by atomic mass is 19.1. The molecule has 0 atom stereocenters. The first kappa shape index (κ1) is 16.5. The zero-order valence-corrected chi connectivity index (χ0v) is 12.9. The molecule has 0 aliphatic rings. The smallest absolute Gasteiger partial charge is 0.243 e. The topological polar surface area (TPSA) is 70.2 Å². The van der Waals surface area contributed by atoms with Crippen LogP contribution in [0.1, 0.15) is 12.5 Å². The average Bonchev–Trinajstić information content (AvgIpc) is 2.48. The monoisotopic (exact) mass is 315 g/mol. The standard InChI is InChI=1S/C17H18FN3O2/c1-11-15(7-4-8-16(11)20-12(2)22)19-10-17(23)21-14-6-3-5-13(18)9-14/h3-9,19H,10H2,1-2H3,(H,20,22)(H,21,23). The minimum Gasteiger partial charge on any atom is -0.376 e. The quantitative estimate of drug-likeness (QED) is 0.794. The maximum absolute atomic E-state index is 13.1. The van der Waals surface area contributed by atoms with Crippen LogP contribution in [0.2, 0.25) is 0 Å². The van der Waals surface area contributed by atoms with Crippen molar-refractivity contribution in [3.63, 3.8) is 0 Å². The number of halogens is 1. The maximum atomic E-state index is 13.1. The number of rotatable bonds is 5. The number of hydrogen-bond acceptors (Lipinski definition) is 3. The number of hydrogen-bond donors (Lipinski definition) is 3. The molecule has 0 bridgehead atoms. The van der Waals surface area contributed by atoms with Crippen molar-refractivity contribution in [1.29, 1.82) is 0 Å². The van der Waals surface area contributed by atoms with E-state index in [-0.39, 0.29) is 18.4 Å². The van der Waals surface area contributed by atoms with Crippen LogP contribution in [-0.4, -0.2) is 18.4 Å². The van der Waals surface area contributed by atoms with Crippen molar-refractivity contribution < 1.29 is 14.0 Å². The molecule has 0 aromatic heterocycles. The van der Waals surface area contributed by atoms with Gasteiger partial charge in [0.2, 0.25) is 11.8 Å². The lowest BCUT2D eigenvalue weighted by atomic mass is 10.1. The first-order valence-corrected chi connectivity index (χ1v) is 7.12. The molecule has 0 fully saturated rings. The maximum Gasteiger partial charge on any atom is 0.243 e. The van der Waals surface area contributed by atoms with Crippen LogP contribution >= 0.6 is 0 Å². The number of carbonyl (C=O) groups is 2. The molecule has 120 valence electrons. The van der Waals surface area contributed by atoms with Crippen LogP contribution in [0.5, 0.6) is 0 Å². The van der Waals surface area contributed by atoms with E-state index in [0.717, 1.165) is 11.3 Å². The second-order valence-corrected chi connectivity index (χ2v) is 5.07. The zero-order chi connectivity index (χ0) is 16.8. The molecule has 23 heavy (non-hydrogen) atoms. The largest absolute Gasteiger partial charge is 0.376 e. The molecule has 0 saturated heterocycles. The van der Waals surface area contributed by atoms with Crippen LogP contribution in [0.25, 0.3) is 0 Å². The molecule has 2 aromatic rings. The molecule has 0 heterocycles. The highest BCUT2D eigenvalue weighted by molar-refractivity contribution is 5.94. The number of carbonyl (C=O) groups excluding carboxylic acids is 2. The van der Waals surface area contributed by atoms with Crippen molar-refractivity contribution in [2.24, 2.45) is 0 Å². The van der Waals surface area contributed by atoms with Gasteiger partial charge in [-0.05, 0) is 42.8 Å². The molecule has 6 heteroatoms. The van der Waals surface area contributed by atoms with Gasteiger partial charge < -0.3 is 16.0 Å². The van der Waals surface area contributed by atoms with Gasteiger partial charge >= 0.3 is 0 Å². The third-order valence-corrected chi connectivity index (χ3v) is 3.19. The molecule has 2 amide bonds. The summed E-state index contributed by atoms with van der Waals surface area (Å²) in [5, 5.41) is 8.34. The summed E-state index contributed by atoms with van der Waals surface area (Å²) in [6, 6.07) is 11.1. The highest BCUT2D eigenvalue weighted by Gasteiger charge is 2.07. The third-order valence-electron chi connectivity index (χ3n) is 3.19. The van der Waals surface area contributed by atoms with Crippen molar-refractivity contribution in [1.82, 2.24) is 0 Å². The van der Waals surface area contributed by atoms with E-state index in [1.807, 2.05) is 13.0 Å². The van der Waals surface area contributed by atoms with Crippen LogP contribution < -0.4 is 16.0 Å². The van der Waals surface area contributed by atoms with Gasteiger partial charge in [0.25, 0.3) is 0 Å².